The first-order valence-electron chi connectivity index (χ1n) is 8.45. The number of hydrogen-bond donors (Lipinski definition) is 0. The number of fused-ring (bicyclic) bond motifs is 1. The summed E-state index contributed by atoms with van der Waals surface area (Å²) >= 11 is 0. The average molecular weight is 298 g/mol. The zero-order valence-electron chi connectivity index (χ0n) is 12.8. The molecule has 1 aromatic carbocycles. The first-order valence-corrected chi connectivity index (χ1v) is 8.45. The average Bonchev–Trinajstić information content (AvgIpc) is 2.75. The molecule has 4 rings (SSSR count). The maximum Gasteiger partial charge on any atom is 0.172 e. The summed E-state index contributed by atoms with van der Waals surface area (Å²) in [5.41, 5.74) is 1.48. The van der Waals surface area contributed by atoms with Gasteiger partial charge in [-0.05, 0) is 37.2 Å². The molecule has 1 aromatic rings. The minimum absolute atomic E-state index is 0.203. The molecule has 1 spiro atoms. The quantitative estimate of drug-likeness (QED) is 0.859. The Labute approximate surface area is 131 Å². The van der Waals surface area contributed by atoms with E-state index in [9.17, 15) is 9.59 Å². The Morgan fingerprint density at radius 3 is 2.73 bits per heavy atom. The highest BCUT2D eigenvalue weighted by Gasteiger charge is 2.53. The topological polar surface area (TPSA) is 43.4 Å². The predicted octanol–water partition coefficient (Wildman–Crippen LogP) is 3.35. The molecule has 0 bridgehead atoms. The third-order valence-corrected chi connectivity index (χ3v) is 5.86. The van der Waals surface area contributed by atoms with Crippen LogP contribution in [0.1, 0.15) is 54.4 Å². The molecule has 0 amide bonds. The lowest BCUT2D eigenvalue weighted by molar-refractivity contribution is -0.132. The number of benzene rings is 1. The number of ether oxygens (including phenoxy) is 1. The van der Waals surface area contributed by atoms with E-state index in [1.165, 1.54) is 19.3 Å². The summed E-state index contributed by atoms with van der Waals surface area (Å²) in [4.78, 5) is 25.0. The summed E-state index contributed by atoms with van der Waals surface area (Å²) in [6.07, 6.45) is 5.82. The molecule has 0 aliphatic heterocycles. The van der Waals surface area contributed by atoms with Crippen LogP contribution in [0.4, 0.5) is 0 Å². The lowest BCUT2D eigenvalue weighted by atomic mass is 9.68. The molecule has 2 fully saturated rings. The van der Waals surface area contributed by atoms with Crippen LogP contribution in [0.3, 0.4) is 0 Å². The van der Waals surface area contributed by atoms with Gasteiger partial charge in [-0.3, -0.25) is 9.59 Å². The molecule has 2 unspecified atom stereocenters. The molecule has 3 aliphatic carbocycles. The van der Waals surface area contributed by atoms with Crippen molar-refractivity contribution >= 4 is 11.6 Å². The van der Waals surface area contributed by atoms with Gasteiger partial charge in [0.2, 0.25) is 0 Å². The zero-order valence-corrected chi connectivity index (χ0v) is 12.8. The van der Waals surface area contributed by atoms with Crippen LogP contribution in [0.2, 0.25) is 0 Å². The number of carbonyl (C=O) groups is 2. The van der Waals surface area contributed by atoms with E-state index in [-0.39, 0.29) is 17.7 Å². The number of rotatable bonds is 3. The summed E-state index contributed by atoms with van der Waals surface area (Å²) in [5.74, 6) is 1.08. The van der Waals surface area contributed by atoms with Crippen molar-refractivity contribution in [2.75, 3.05) is 6.61 Å². The van der Waals surface area contributed by atoms with E-state index in [4.69, 9.17) is 4.74 Å². The first kappa shape index (κ1) is 14.1. The van der Waals surface area contributed by atoms with Gasteiger partial charge in [0.1, 0.15) is 5.78 Å². The fourth-order valence-corrected chi connectivity index (χ4v) is 4.20. The van der Waals surface area contributed by atoms with Crippen molar-refractivity contribution in [3.05, 3.63) is 35.4 Å². The molecule has 3 heteroatoms. The molecule has 22 heavy (non-hydrogen) atoms. The van der Waals surface area contributed by atoms with Crippen molar-refractivity contribution in [1.29, 1.82) is 0 Å². The van der Waals surface area contributed by atoms with E-state index in [2.05, 4.69) is 0 Å². The van der Waals surface area contributed by atoms with E-state index >= 15 is 0 Å². The maximum absolute atomic E-state index is 13.0. The van der Waals surface area contributed by atoms with Crippen molar-refractivity contribution < 1.29 is 14.3 Å². The molecular formula is C19H22O3. The van der Waals surface area contributed by atoms with Gasteiger partial charge in [0, 0.05) is 25.0 Å². The summed E-state index contributed by atoms with van der Waals surface area (Å²) in [6.45, 7) is 0.712. The SMILES string of the molecule is O=C1CCC2(Cc3ccccc3C2=O)C(OCC2CCC2)C1. The monoisotopic (exact) mass is 298 g/mol. The Kier molecular flexibility index (Phi) is 3.41. The van der Waals surface area contributed by atoms with Crippen molar-refractivity contribution in [2.45, 2.75) is 51.0 Å². The molecule has 0 radical (unpaired) electrons. The normalized spacial score (nSPS) is 31.4. The van der Waals surface area contributed by atoms with Crippen LogP contribution in [0.5, 0.6) is 0 Å². The highest BCUT2D eigenvalue weighted by Crippen LogP contribution is 2.48. The highest BCUT2D eigenvalue weighted by atomic mass is 16.5. The minimum atomic E-state index is -0.485. The van der Waals surface area contributed by atoms with Gasteiger partial charge < -0.3 is 4.74 Å². The van der Waals surface area contributed by atoms with Crippen molar-refractivity contribution in [3.63, 3.8) is 0 Å². The van der Waals surface area contributed by atoms with Crippen LogP contribution in [-0.2, 0) is 16.0 Å². The Balaban J connectivity index is 1.60. The third kappa shape index (κ3) is 2.14. The van der Waals surface area contributed by atoms with Gasteiger partial charge in [-0.2, -0.15) is 0 Å². The van der Waals surface area contributed by atoms with Gasteiger partial charge in [-0.1, -0.05) is 30.7 Å². The fraction of sp³-hybridized carbons (Fsp3) is 0.579. The number of ketones is 2. The summed E-state index contributed by atoms with van der Waals surface area (Å²) in [5, 5.41) is 0. The van der Waals surface area contributed by atoms with Crippen molar-refractivity contribution in [3.8, 4) is 0 Å². The van der Waals surface area contributed by atoms with Gasteiger partial charge in [0.05, 0.1) is 11.5 Å². The van der Waals surface area contributed by atoms with E-state index in [0.717, 1.165) is 17.5 Å². The van der Waals surface area contributed by atoms with Crippen LogP contribution >= 0.6 is 0 Å². The van der Waals surface area contributed by atoms with Crippen LogP contribution < -0.4 is 0 Å². The Bertz CT molecular complexity index is 617. The van der Waals surface area contributed by atoms with Gasteiger partial charge in [0.25, 0.3) is 0 Å². The Morgan fingerprint density at radius 2 is 2.00 bits per heavy atom. The Hall–Kier alpha value is -1.48. The van der Waals surface area contributed by atoms with Crippen LogP contribution in [0.25, 0.3) is 0 Å². The van der Waals surface area contributed by atoms with E-state index in [1.54, 1.807) is 0 Å². The van der Waals surface area contributed by atoms with Gasteiger partial charge >= 0.3 is 0 Å². The highest BCUT2D eigenvalue weighted by molar-refractivity contribution is 6.06. The van der Waals surface area contributed by atoms with Crippen LogP contribution in [0, 0.1) is 11.3 Å². The van der Waals surface area contributed by atoms with Gasteiger partial charge in [-0.25, -0.2) is 0 Å². The lowest BCUT2D eigenvalue weighted by Crippen LogP contribution is -2.47. The smallest absolute Gasteiger partial charge is 0.172 e. The number of Topliss-reactive ketones (excluding diaryl/α,β-unsaturated/α-hetero) is 2. The van der Waals surface area contributed by atoms with E-state index in [0.29, 0.717) is 31.8 Å². The molecule has 116 valence electrons. The Morgan fingerprint density at radius 1 is 1.18 bits per heavy atom. The number of carbonyl (C=O) groups excluding carboxylic acids is 2. The first-order chi connectivity index (χ1) is 10.7. The molecule has 2 atom stereocenters. The number of hydrogen-bond acceptors (Lipinski definition) is 3. The van der Waals surface area contributed by atoms with Crippen molar-refractivity contribution in [2.24, 2.45) is 11.3 Å². The van der Waals surface area contributed by atoms with Crippen LogP contribution in [-0.4, -0.2) is 24.3 Å². The second-order valence-electron chi connectivity index (χ2n) is 7.18. The fourth-order valence-electron chi connectivity index (χ4n) is 4.20. The summed E-state index contributed by atoms with van der Waals surface area (Å²) in [7, 11) is 0. The maximum atomic E-state index is 13.0. The van der Waals surface area contributed by atoms with Gasteiger partial charge in [0.15, 0.2) is 5.78 Å². The van der Waals surface area contributed by atoms with Crippen LogP contribution in [0.15, 0.2) is 24.3 Å². The second-order valence-corrected chi connectivity index (χ2v) is 7.18. The molecule has 0 saturated heterocycles. The summed E-state index contributed by atoms with van der Waals surface area (Å²) in [6, 6.07) is 7.88. The molecule has 3 nitrogen and oxygen atoms in total. The van der Waals surface area contributed by atoms with Gasteiger partial charge in [-0.15, -0.1) is 0 Å². The molecular weight excluding hydrogens is 276 g/mol. The molecule has 0 N–H and O–H groups in total. The van der Waals surface area contributed by atoms with E-state index < -0.39 is 5.41 Å². The van der Waals surface area contributed by atoms with E-state index in [1.807, 2.05) is 24.3 Å². The molecule has 3 aliphatic rings. The standard InChI is InChI=1S/C19H22O3/c20-15-8-9-19(17(10-15)22-12-13-4-3-5-13)11-14-6-1-2-7-16(14)18(19)21/h1-2,6-7,13,17H,3-5,8-12H2. The molecule has 0 heterocycles. The zero-order chi connectivity index (χ0) is 15.2. The van der Waals surface area contributed by atoms with Crippen molar-refractivity contribution in [1.82, 2.24) is 0 Å². The molecule has 0 aromatic heterocycles. The lowest BCUT2D eigenvalue weighted by Gasteiger charge is -2.40. The largest absolute Gasteiger partial charge is 0.376 e. The molecule has 2 saturated carbocycles. The summed E-state index contributed by atoms with van der Waals surface area (Å²) < 4.78 is 6.16. The predicted molar refractivity (Wildman–Crippen MR) is 82.8 cm³/mol. The third-order valence-electron chi connectivity index (χ3n) is 5.86. The minimum Gasteiger partial charge on any atom is -0.376 e. The second kappa shape index (κ2) is 5.31.